The van der Waals surface area contributed by atoms with Gasteiger partial charge in [-0.15, -0.1) is 0 Å². The zero-order valence-corrected chi connectivity index (χ0v) is 20.0. The first kappa shape index (κ1) is 24.2. The van der Waals surface area contributed by atoms with Crippen LogP contribution in [-0.2, 0) is 17.4 Å². The van der Waals surface area contributed by atoms with Gasteiger partial charge in [0, 0.05) is 48.2 Å². The minimum absolute atomic E-state index is 0.0127. The monoisotopic (exact) mass is 500 g/mol. The van der Waals surface area contributed by atoms with Crippen molar-refractivity contribution in [1.29, 1.82) is 0 Å². The number of alkyl halides is 3. The van der Waals surface area contributed by atoms with Crippen molar-refractivity contribution in [2.24, 2.45) is 0 Å². The first-order valence-electron chi connectivity index (χ1n) is 12.0. The van der Waals surface area contributed by atoms with Crippen LogP contribution in [0, 0.1) is 0 Å². The summed E-state index contributed by atoms with van der Waals surface area (Å²) in [7, 11) is 0. The van der Waals surface area contributed by atoms with Crippen molar-refractivity contribution in [1.82, 2.24) is 25.1 Å². The molecule has 1 fully saturated rings. The lowest BCUT2D eigenvalue weighted by Gasteiger charge is -2.35. The number of anilines is 1. The Kier molecular flexibility index (Phi) is 6.42. The van der Waals surface area contributed by atoms with Gasteiger partial charge in [-0.3, -0.25) is 9.48 Å². The Labute approximate surface area is 206 Å². The molecule has 36 heavy (non-hydrogen) atoms. The number of carbonyl (C=O) groups excluding carboxylic acids is 1. The number of hydrogen-bond acceptors (Lipinski definition) is 6. The first-order valence-corrected chi connectivity index (χ1v) is 12.0. The molecule has 2 aliphatic heterocycles. The van der Waals surface area contributed by atoms with E-state index in [9.17, 15) is 18.0 Å². The molecule has 1 saturated heterocycles. The van der Waals surface area contributed by atoms with Crippen molar-refractivity contribution in [3.05, 3.63) is 48.0 Å². The summed E-state index contributed by atoms with van der Waals surface area (Å²) in [4.78, 5) is 21.8. The quantitative estimate of drug-likeness (QED) is 0.556. The van der Waals surface area contributed by atoms with Crippen LogP contribution < -0.4 is 15.0 Å². The molecule has 0 unspecified atom stereocenters. The Morgan fingerprint density at radius 2 is 1.83 bits per heavy atom. The average molecular weight is 501 g/mol. The highest BCUT2D eigenvalue weighted by molar-refractivity contribution is 5.95. The molecule has 0 spiro atoms. The molecule has 1 amide bonds. The van der Waals surface area contributed by atoms with Crippen LogP contribution in [0.3, 0.4) is 0 Å². The Hall–Kier alpha value is -3.47. The fourth-order valence-corrected chi connectivity index (χ4v) is 4.98. The lowest BCUT2D eigenvalue weighted by Crippen LogP contribution is -2.40. The van der Waals surface area contributed by atoms with Crippen molar-refractivity contribution < 1.29 is 22.7 Å². The third-order valence-electron chi connectivity index (χ3n) is 6.83. The standard InChI is InChI=1S/C25H27F3N6O2/c1-15-3-4-21-22(34(15)16(2)35)6-5-20(17-11-32-33(14-17)19-7-9-29-10-8-19)23(21)36-24-30-12-18(13-31-24)25(26,27)28/h5-6,11-15,19,29H,3-4,7-10H2,1-2H3/t15-/m0/s1. The van der Waals surface area contributed by atoms with Gasteiger partial charge in [0.2, 0.25) is 5.91 Å². The van der Waals surface area contributed by atoms with Gasteiger partial charge in [0.25, 0.3) is 0 Å². The minimum Gasteiger partial charge on any atom is -0.423 e. The maximum absolute atomic E-state index is 13.0. The van der Waals surface area contributed by atoms with Crippen LogP contribution in [0.5, 0.6) is 11.8 Å². The van der Waals surface area contributed by atoms with E-state index >= 15 is 0 Å². The Bertz CT molecular complexity index is 1250. The molecule has 5 rings (SSSR count). The number of hydrogen-bond donors (Lipinski definition) is 1. The molecule has 1 atom stereocenters. The van der Waals surface area contributed by atoms with Gasteiger partial charge in [-0.05, 0) is 57.8 Å². The van der Waals surface area contributed by atoms with E-state index in [2.05, 4.69) is 20.4 Å². The van der Waals surface area contributed by atoms with Crippen LogP contribution in [0.4, 0.5) is 18.9 Å². The average Bonchev–Trinajstić information content (AvgIpc) is 3.34. The normalized spacial score (nSPS) is 18.7. The molecular formula is C25H27F3N6O2. The van der Waals surface area contributed by atoms with Crippen molar-refractivity contribution in [2.45, 2.75) is 57.8 Å². The number of amides is 1. The van der Waals surface area contributed by atoms with E-state index in [1.165, 1.54) is 6.92 Å². The molecule has 0 radical (unpaired) electrons. The summed E-state index contributed by atoms with van der Waals surface area (Å²) in [5.41, 5.74) is 2.09. The number of nitrogens with one attached hydrogen (secondary N) is 1. The molecule has 190 valence electrons. The molecular weight excluding hydrogens is 473 g/mol. The highest BCUT2D eigenvalue weighted by Crippen LogP contribution is 2.44. The van der Waals surface area contributed by atoms with Gasteiger partial charge in [-0.1, -0.05) is 0 Å². The lowest BCUT2D eigenvalue weighted by atomic mass is 9.92. The minimum atomic E-state index is -4.54. The van der Waals surface area contributed by atoms with Gasteiger partial charge in [-0.2, -0.15) is 18.3 Å². The lowest BCUT2D eigenvalue weighted by molar-refractivity contribution is -0.138. The van der Waals surface area contributed by atoms with E-state index < -0.39 is 11.7 Å². The Morgan fingerprint density at radius 3 is 2.50 bits per heavy atom. The van der Waals surface area contributed by atoms with Crippen LogP contribution in [-0.4, -0.2) is 44.8 Å². The molecule has 2 aliphatic rings. The number of carbonyl (C=O) groups is 1. The molecule has 3 aromatic rings. The Morgan fingerprint density at radius 1 is 1.11 bits per heavy atom. The smallest absolute Gasteiger partial charge is 0.419 e. The van der Waals surface area contributed by atoms with Crippen LogP contribution in [0.25, 0.3) is 11.1 Å². The zero-order valence-electron chi connectivity index (χ0n) is 20.0. The summed E-state index contributed by atoms with van der Waals surface area (Å²) < 4.78 is 47.0. The zero-order chi connectivity index (χ0) is 25.4. The van der Waals surface area contributed by atoms with Crippen molar-refractivity contribution in [2.75, 3.05) is 18.0 Å². The topological polar surface area (TPSA) is 85.2 Å². The highest BCUT2D eigenvalue weighted by atomic mass is 19.4. The van der Waals surface area contributed by atoms with E-state index in [0.717, 1.165) is 48.3 Å². The predicted molar refractivity (Wildman–Crippen MR) is 127 cm³/mol. The second kappa shape index (κ2) is 9.53. The number of halogens is 3. The van der Waals surface area contributed by atoms with Gasteiger partial charge in [-0.25, -0.2) is 9.97 Å². The highest BCUT2D eigenvalue weighted by Gasteiger charge is 2.33. The molecule has 1 aromatic carbocycles. The van der Waals surface area contributed by atoms with E-state index in [1.54, 1.807) is 11.1 Å². The molecule has 0 saturated carbocycles. The molecule has 0 aliphatic carbocycles. The van der Waals surface area contributed by atoms with Crippen LogP contribution in [0.2, 0.25) is 0 Å². The number of aromatic nitrogens is 4. The Balaban J connectivity index is 1.57. The van der Waals surface area contributed by atoms with Gasteiger partial charge < -0.3 is 15.0 Å². The van der Waals surface area contributed by atoms with Crippen molar-refractivity contribution in [3.8, 4) is 22.9 Å². The fraction of sp³-hybridized carbons (Fsp3) is 0.440. The third-order valence-corrected chi connectivity index (χ3v) is 6.83. The molecule has 4 heterocycles. The number of nitrogens with zero attached hydrogens (tertiary/aromatic N) is 5. The molecule has 8 nitrogen and oxygen atoms in total. The van der Waals surface area contributed by atoms with Crippen LogP contribution in [0.1, 0.15) is 50.3 Å². The van der Waals surface area contributed by atoms with Gasteiger partial charge in [0.05, 0.1) is 23.5 Å². The summed E-state index contributed by atoms with van der Waals surface area (Å²) in [6.45, 7) is 5.36. The SMILES string of the molecule is CC(=O)N1c2ccc(-c3cnn(C4CCNCC4)c3)c(Oc3ncc(C(F)(F)F)cn3)c2CC[C@@H]1C. The summed E-state index contributed by atoms with van der Waals surface area (Å²) in [5, 5.41) is 7.93. The van der Waals surface area contributed by atoms with Gasteiger partial charge in [0.15, 0.2) is 0 Å². The second-order valence-corrected chi connectivity index (χ2v) is 9.26. The summed E-state index contributed by atoms with van der Waals surface area (Å²) >= 11 is 0. The maximum Gasteiger partial charge on any atom is 0.419 e. The number of piperidine rings is 1. The number of fused-ring (bicyclic) bond motifs is 1. The van der Waals surface area contributed by atoms with Gasteiger partial charge >= 0.3 is 12.2 Å². The van der Waals surface area contributed by atoms with Crippen molar-refractivity contribution >= 4 is 11.6 Å². The van der Waals surface area contributed by atoms with E-state index in [-0.39, 0.29) is 24.0 Å². The molecule has 11 heteroatoms. The van der Waals surface area contributed by atoms with Crippen molar-refractivity contribution in [3.63, 3.8) is 0 Å². The second-order valence-electron chi connectivity index (χ2n) is 9.26. The molecule has 2 aromatic heterocycles. The van der Waals surface area contributed by atoms with E-state index in [1.807, 2.05) is 29.9 Å². The number of benzene rings is 1. The number of rotatable bonds is 4. The fourth-order valence-electron chi connectivity index (χ4n) is 4.98. The predicted octanol–water partition coefficient (Wildman–Crippen LogP) is 4.76. The van der Waals surface area contributed by atoms with Crippen LogP contribution in [0.15, 0.2) is 36.9 Å². The van der Waals surface area contributed by atoms with E-state index in [0.29, 0.717) is 31.0 Å². The first-order chi connectivity index (χ1) is 17.2. The maximum atomic E-state index is 13.0. The van der Waals surface area contributed by atoms with Gasteiger partial charge in [0.1, 0.15) is 5.75 Å². The van der Waals surface area contributed by atoms with E-state index in [4.69, 9.17) is 4.74 Å². The molecule has 1 N–H and O–H groups in total. The summed E-state index contributed by atoms with van der Waals surface area (Å²) in [6, 6.07) is 3.85. The van der Waals surface area contributed by atoms with Crippen LogP contribution >= 0.6 is 0 Å². The third kappa shape index (κ3) is 4.67. The summed E-state index contributed by atoms with van der Waals surface area (Å²) in [6.07, 6.45) is 3.88. The molecule has 0 bridgehead atoms. The largest absolute Gasteiger partial charge is 0.423 e. The summed E-state index contributed by atoms with van der Waals surface area (Å²) in [5.74, 6) is 0.335. The number of ether oxygens (including phenoxy) is 1.